The summed E-state index contributed by atoms with van der Waals surface area (Å²) in [4.78, 5) is 14.2. The molecule has 0 atom stereocenters. The van der Waals surface area contributed by atoms with Gasteiger partial charge in [-0.05, 0) is 44.4 Å². The summed E-state index contributed by atoms with van der Waals surface area (Å²) in [5.41, 5.74) is 1.67. The zero-order valence-corrected chi connectivity index (χ0v) is 14.9. The van der Waals surface area contributed by atoms with Gasteiger partial charge in [-0.2, -0.15) is 0 Å². The largest absolute Gasteiger partial charge is 0.369 e. The molecule has 0 N–H and O–H groups in total. The molecular weight excluding hydrogens is 316 g/mol. The minimum absolute atomic E-state index is 0.00175. The number of fused-ring (bicyclic) bond motifs is 1. The van der Waals surface area contributed by atoms with Gasteiger partial charge >= 0.3 is 0 Å². The van der Waals surface area contributed by atoms with Gasteiger partial charge in [0.1, 0.15) is 6.61 Å². The van der Waals surface area contributed by atoms with E-state index in [2.05, 4.69) is 0 Å². The third-order valence-electron chi connectivity index (χ3n) is 3.80. The highest BCUT2D eigenvalue weighted by molar-refractivity contribution is 7.89. The lowest BCUT2D eigenvalue weighted by Gasteiger charge is -2.30. The number of nitrogens with zero attached hydrogens (tertiary/aromatic N) is 2. The summed E-state index contributed by atoms with van der Waals surface area (Å²) in [6, 6.07) is 5.00. The minimum atomic E-state index is -3.52. The monoisotopic (exact) mass is 340 g/mol. The van der Waals surface area contributed by atoms with Crippen LogP contribution in [-0.4, -0.2) is 52.0 Å². The molecule has 7 heteroatoms. The maximum atomic E-state index is 12.4. The highest BCUT2D eigenvalue weighted by atomic mass is 32.2. The maximum absolute atomic E-state index is 12.4. The lowest BCUT2D eigenvalue weighted by atomic mass is 10.0. The van der Waals surface area contributed by atoms with E-state index in [4.69, 9.17) is 4.74 Å². The van der Waals surface area contributed by atoms with E-state index in [-0.39, 0.29) is 23.5 Å². The highest BCUT2D eigenvalue weighted by Gasteiger charge is 2.26. The molecule has 1 aromatic carbocycles. The van der Waals surface area contributed by atoms with Crippen molar-refractivity contribution in [3.05, 3.63) is 23.8 Å². The number of rotatable bonds is 5. The number of sulfonamides is 1. The van der Waals surface area contributed by atoms with Crippen molar-refractivity contribution < 1.29 is 17.9 Å². The Morgan fingerprint density at radius 2 is 2.04 bits per heavy atom. The molecule has 23 heavy (non-hydrogen) atoms. The Morgan fingerprint density at radius 1 is 1.35 bits per heavy atom. The van der Waals surface area contributed by atoms with Crippen LogP contribution in [0.15, 0.2) is 23.1 Å². The van der Waals surface area contributed by atoms with E-state index in [1.165, 1.54) is 18.4 Å². The normalized spacial score (nSPS) is 15.1. The molecule has 6 nitrogen and oxygen atoms in total. The second-order valence-corrected chi connectivity index (χ2v) is 8.24. The molecule has 0 fully saturated rings. The molecular formula is C16H24N2O4S. The van der Waals surface area contributed by atoms with Crippen molar-refractivity contribution in [3.63, 3.8) is 0 Å². The topological polar surface area (TPSA) is 66.9 Å². The molecule has 0 unspecified atom stereocenters. The quantitative estimate of drug-likeness (QED) is 0.817. The molecule has 1 aromatic rings. The number of amides is 1. The summed E-state index contributed by atoms with van der Waals surface area (Å²) in [5, 5.41) is 0. The van der Waals surface area contributed by atoms with Crippen molar-refractivity contribution in [3.8, 4) is 0 Å². The van der Waals surface area contributed by atoms with Crippen molar-refractivity contribution >= 4 is 21.6 Å². The lowest BCUT2D eigenvalue weighted by molar-refractivity contribution is -0.124. The first kappa shape index (κ1) is 17.9. The van der Waals surface area contributed by atoms with Gasteiger partial charge in [-0.3, -0.25) is 4.79 Å². The molecule has 0 saturated carbocycles. The fourth-order valence-electron chi connectivity index (χ4n) is 2.50. The van der Waals surface area contributed by atoms with Crippen LogP contribution in [0.1, 0.15) is 25.8 Å². The molecule has 128 valence electrons. The van der Waals surface area contributed by atoms with Crippen molar-refractivity contribution in [2.75, 3.05) is 32.1 Å². The molecule has 0 bridgehead atoms. The maximum Gasteiger partial charge on any atom is 0.252 e. The van der Waals surface area contributed by atoms with Gasteiger partial charge in [0.2, 0.25) is 10.0 Å². The Balaban J connectivity index is 2.35. The molecule has 0 radical (unpaired) electrons. The zero-order chi connectivity index (χ0) is 17.2. The number of carbonyl (C=O) groups excluding carboxylic acids is 1. The molecule has 2 rings (SSSR count). The van der Waals surface area contributed by atoms with Crippen LogP contribution in [0.25, 0.3) is 0 Å². The van der Waals surface area contributed by atoms with Gasteiger partial charge in [0.25, 0.3) is 5.91 Å². The Morgan fingerprint density at radius 3 is 2.65 bits per heavy atom. The predicted molar refractivity (Wildman–Crippen MR) is 89.1 cm³/mol. The van der Waals surface area contributed by atoms with E-state index in [9.17, 15) is 13.2 Å². The zero-order valence-electron chi connectivity index (χ0n) is 14.1. The summed E-state index contributed by atoms with van der Waals surface area (Å²) in [6.45, 7) is 4.33. The van der Waals surface area contributed by atoms with Crippen LogP contribution >= 0.6 is 0 Å². The molecule has 0 saturated heterocycles. The smallest absolute Gasteiger partial charge is 0.252 e. The van der Waals surface area contributed by atoms with Crippen LogP contribution in [0.2, 0.25) is 0 Å². The summed E-state index contributed by atoms with van der Waals surface area (Å²) in [6.07, 6.45) is 1.68. The molecule has 0 spiro atoms. The van der Waals surface area contributed by atoms with E-state index in [0.29, 0.717) is 12.2 Å². The van der Waals surface area contributed by atoms with Gasteiger partial charge in [0.15, 0.2) is 0 Å². The van der Waals surface area contributed by atoms with Crippen molar-refractivity contribution in [2.45, 2.75) is 37.7 Å². The van der Waals surface area contributed by atoms with Gasteiger partial charge < -0.3 is 9.64 Å². The van der Waals surface area contributed by atoms with E-state index in [1.807, 2.05) is 13.8 Å². The van der Waals surface area contributed by atoms with Crippen molar-refractivity contribution in [1.29, 1.82) is 0 Å². The fourth-order valence-corrected chi connectivity index (χ4v) is 3.42. The molecule has 0 aliphatic carbocycles. The standard InChI is InChI=1S/C16H24N2O4S/c1-12(2)22-11-16(19)18-9-5-6-13-7-8-14(10-15(13)18)23(20,21)17(3)4/h7-8,10,12H,5-6,9,11H2,1-4H3. The molecule has 1 amide bonds. The molecule has 1 aliphatic rings. The molecule has 1 heterocycles. The number of ether oxygens (including phenoxy) is 1. The third-order valence-corrected chi connectivity index (χ3v) is 5.61. The van der Waals surface area contributed by atoms with Crippen LogP contribution in [0.3, 0.4) is 0 Å². The lowest BCUT2D eigenvalue weighted by Crippen LogP contribution is -2.38. The SMILES string of the molecule is CC(C)OCC(=O)N1CCCc2ccc(S(=O)(=O)N(C)C)cc21. The Bertz CT molecular complexity index is 683. The molecule has 0 aromatic heterocycles. The average molecular weight is 340 g/mol. The average Bonchev–Trinajstić information content (AvgIpc) is 2.51. The van der Waals surface area contributed by atoms with Crippen molar-refractivity contribution in [1.82, 2.24) is 4.31 Å². The Kier molecular flexibility index (Phi) is 5.44. The summed E-state index contributed by atoms with van der Waals surface area (Å²) >= 11 is 0. The number of aryl methyl sites for hydroxylation is 1. The summed E-state index contributed by atoms with van der Waals surface area (Å²) < 4.78 is 31.2. The predicted octanol–water partition coefficient (Wildman–Crippen LogP) is 1.64. The van der Waals surface area contributed by atoms with Crippen LogP contribution in [-0.2, 0) is 26.0 Å². The van der Waals surface area contributed by atoms with Crippen LogP contribution in [0.5, 0.6) is 0 Å². The van der Waals surface area contributed by atoms with E-state index in [0.717, 1.165) is 18.4 Å². The first-order chi connectivity index (χ1) is 10.7. The highest BCUT2D eigenvalue weighted by Crippen LogP contribution is 2.30. The number of carbonyl (C=O) groups is 1. The van der Waals surface area contributed by atoms with Crippen LogP contribution in [0, 0.1) is 0 Å². The van der Waals surface area contributed by atoms with Crippen LogP contribution < -0.4 is 4.90 Å². The number of anilines is 1. The van der Waals surface area contributed by atoms with E-state index >= 15 is 0 Å². The van der Waals surface area contributed by atoms with Crippen molar-refractivity contribution in [2.24, 2.45) is 0 Å². The second-order valence-electron chi connectivity index (χ2n) is 6.09. The number of hydrogen-bond donors (Lipinski definition) is 0. The summed E-state index contributed by atoms with van der Waals surface area (Å²) in [7, 11) is -0.533. The van der Waals surface area contributed by atoms with Crippen LogP contribution in [0.4, 0.5) is 5.69 Å². The fraction of sp³-hybridized carbons (Fsp3) is 0.562. The Hall–Kier alpha value is -1.44. The third kappa shape index (κ3) is 3.91. The van der Waals surface area contributed by atoms with Gasteiger partial charge in [0, 0.05) is 26.3 Å². The second kappa shape index (κ2) is 6.98. The van der Waals surface area contributed by atoms with Gasteiger partial charge in [-0.25, -0.2) is 12.7 Å². The number of benzene rings is 1. The molecule has 1 aliphatic heterocycles. The Labute approximate surface area is 138 Å². The first-order valence-corrected chi connectivity index (χ1v) is 9.15. The first-order valence-electron chi connectivity index (χ1n) is 7.71. The van der Waals surface area contributed by atoms with Gasteiger partial charge in [0.05, 0.1) is 11.0 Å². The van der Waals surface area contributed by atoms with E-state index in [1.54, 1.807) is 23.1 Å². The minimum Gasteiger partial charge on any atom is -0.369 e. The number of hydrogen-bond acceptors (Lipinski definition) is 4. The van der Waals surface area contributed by atoms with Gasteiger partial charge in [-0.1, -0.05) is 6.07 Å². The summed E-state index contributed by atoms with van der Waals surface area (Å²) in [5.74, 6) is -0.140. The van der Waals surface area contributed by atoms with Gasteiger partial charge in [-0.15, -0.1) is 0 Å². The van der Waals surface area contributed by atoms with E-state index < -0.39 is 10.0 Å².